The monoisotopic (exact) mass is 473 g/mol. The van der Waals surface area contributed by atoms with Gasteiger partial charge < -0.3 is 16.0 Å². The number of aliphatic imine (C=N–C) groups is 1. The Bertz CT molecular complexity index is 546. The minimum Gasteiger partial charge on any atom is -0.357 e. The van der Waals surface area contributed by atoms with Crippen molar-refractivity contribution in [3.63, 3.8) is 0 Å². The van der Waals surface area contributed by atoms with Gasteiger partial charge in [0.25, 0.3) is 0 Å². The first-order valence-corrected chi connectivity index (χ1v) is 9.26. The fourth-order valence-electron chi connectivity index (χ4n) is 3.10. The van der Waals surface area contributed by atoms with E-state index in [2.05, 4.69) is 58.1 Å². The highest BCUT2D eigenvalue weighted by atomic mass is 127. The van der Waals surface area contributed by atoms with Gasteiger partial charge in [-0.3, -0.25) is 14.7 Å². The molecule has 2 rings (SSSR count). The summed E-state index contributed by atoms with van der Waals surface area (Å²) >= 11 is 0. The van der Waals surface area contributed by atoms with Crippen molar-refractivity contribution in [2.75, 3.05) is 39.3 Å². The average Bonchev–Trinajstić information content (AvgIpc) is 3.14. The minimum absolute atomic E-state index is 0. The van der Waals surface area contributed by atoms with Crippen LogP contribution in [0.25, 0.3) is 0 Å². The van der Waals surface area contributed by atoms with Crippen LogP contribution in [0.3, 0.4) is 0 Å². The molecule has 1 aliphatic rings. The quantitative estimate of drug-likeness (QED) is 0.234. The molecular formula is C19H32IN5O. The normalized spacial score (nSPS) is 15.8. The molecule has 7 heteroatoms. The Morgan fingerprint density at radius 2 is 1.77 bits per heavy atom. The number of nitrogens with zero attached hydrogens (tertiary/aromatic N) is 2. The molecule has 1 aromatic carbocycles. The summed E-state index contributed by atoms with van der Waals surface area (Å²) in [6, 6.07) is 10.9. The molecule has 1 heterocycles. The van der Waals surface area contributed by atoms with E-state index in [1.165, 1.54) is 25.3 Å². The zero-order valence-corrected chi connectivity index (χ0v) is 18.2. The predicted molar refractivity (Wildman–Crippen MR) is 118 cm³/mol. The van der Waals surface area contributed by atoms with Crippen molar-refractivity contribution >= 4 is 35.8 Å². The molecule has 26 heavy (non-hydrogen) atoms. The van der Waals surface area contributed by atoms with Crippen molar-refractivity contribution in [1.82, 2.24) is 20.9 Å². The predicted octanol–water partition coefficient (Wildman–Crippen LogP) is 2.13. The second kappa shape index (κ2) is 12.9. The SMILES string of the molecule is CCNC(=NCC(c1ccccc1)N1CCCC1)NCCNC(C)=O.I. The van der Waals surface area contributed by atoms with E-state index in [1.54, 1.807) is 0 Å². The fraction of sp³-hybridized carbons (Fsp3) is 0.579. The Balaban J connectivity index is 0.00000338. The van der Waals surface area contributed by atoms with E-state index >= 15 is 0 Å². The van der Waals surface area contributed by atoms with Crippen molar-refractivity contribution in [1.29, 1.82) is 0 Å². The van der Waals surface area contributed by atoms with Crippen molar-refractivity contribution in [2.24, 2.45) is 4.99 Å². The smallest absolute Gasteiger partial charge is 0.216 e. The van der Waals surface area contributed by atoms with Crippen LogP contribution < -0.4 is 16.0 Å². The number of rotatable bonds is 8. The van der Waals surface area contributed by atoms with Crippen molar-refractivity contribution in [3.8, 4) is 0 Å². The van der Waals surface area contributed by atoms with E-state index < -0.39 is 0 Å². The lowest BCUT2D eigenvalue weighted by Crippen LogP contribution is -2.41. The maximum Gasteiger partial charge on any atom is 0.216 e. The summed E-state index contributed by atoms with van der Waals surface area (Å²) in [5.41, 5.74) is 1.32. The number of nitrogens with one attached hydrogen (secondary N) is 3. The van der Waals surface area contributed by atoms with E-state index in [0.717, 1.165) is 32.1 Å². The topological polar surface area (TPSA) is 68.8 Å². The lowest BCUT2D eigenvalue weighted by Gasteiger charge is -2.27. The van der Waals surface area contributed by atoms with Gasteiger partial charge in [0.15, 0.2) is 5.96 Å². The van der Waals surface area contributed by atoms with Gasteiger partial charge in [0, 0.05) is 26.6 Å². The van der Waals surface area contributed by atoms with Gasteiger partial charge in [-0.25, -0.2) is 0 Å². The van der Waals surface area contributed by atoms with Crippen molar-refractivity contribution < 1.29 is 4.79 Å². The molecule has 0 radical (unpaired) electrons. The van der Waals surface area contributed by atoms with E-state index in [1.807, 2.05) is 0 Å². The maximum atomic E-state index is 10.9. The van der Waals surface area contributed by atoms with Crippen LogP contribution in [0, 0.1) is 0 Å². The zero-order chi connectivity index (χ0) is 17.9. The van der Waals surface area contributed by atoms with Crippen LogP contribution in [0.4, 0.5) is 0 Å². The van der Waals surface area contributed by atoms with Gasteiger partial charge in [-0.05, 0) is 38.4 Å². The standard InChI is InChI=1S/C19H31N5O.HI/c1-3-20-19(22-12-11-21-16(2)25)23-15-18(24-13-7-8-14-24)17-9-5-4-6-10-17;/h4-6,9-10,18H,3,7-8,11-15H2,1-2H3,(H,21,25)(H2,20,22,23);1H. The van der Waals surface area contributed by atoms with E-state index in [4.69, 9.17) is 4.99 Å². The Kier molecular flexibility index (Phi) is 11.3. The molecule has 0 bridgehead atoms. The number of carbonyl (C=O) groups excluding carboxylic acids is 1. The van der Waals surface area contributed by atoms with Crippen LogP contribution in [-0.4, -0.2) is 56.0 Å². The molecule has 0 aromatic heterocycles. The summed E-state index contributed by atoms with van der Waals surface area (Å²) in [5.74, 6) is 0.787. The van der Waals surface area contributed by atoms with Crippen LogP contribution in [-0.2, 0) is 4.79 Å². The Morgan fingerprint density at radius 3 is 2.38 bits per heavy atom. The van der Waals surface area contributed by atoms with Gasteiger partial charge >= 0.3 is 0 Å². The molecular weight excluding hydrogens is 441 g/mol. The Hall–Kier alpha value is -1.35. The molecule has 1 fully saturated rings. The molecule has 3 N–H and O–H groups in total. The number of carbonyl (C=O) groups is 1. The highest BCUT2D eigenvalue weighted by Gasteiger charge is 2.23. The van der Waals surface area contributed by atoms with Crippen LogP contribution in [0.5, 0.6) is 0 Å². The van der Waals surface area contributed by atoms with Gasteiger partial charge in [0.05, 0.1) is 12.6 Å². The van der Waals surface area contributed by atoms with Gasteiger partial charge in [0.1, 0.15) is 0 Å². The third kappa shape index (κ3) is 7.90. The summed E-state index contributed by atoms with van der Waals surface area (Å²) in [7, 11) is 0. The van der Waals surface area contributed by atoms with E-state index in [-0.39, 0.29) is 29.9 Å². The molecule has 0 spiro atoms. The lowest BCUT2D eigenvalue weighted by molar-refractivity contribution is -0.118. The van der Waals surface area contributed by atoms with E-state index in [9.17, 15) is 4.79 Å². The number of hydrogen-bond donors (Lipinski definition) is 3. The molecule has 1 aliphatic heterocycles. The summed E-state index contributed by atoms with van der Waals surface area (Å²) in [6.45, 7) is 8.65. The highest BCUT2D eigenvalue weighted by Crippen LogP contribution is 2.25. The number of benzene rings is 1. The number of guanidine groups is 1. The zero-order valence-electron chi connectivity index (χ0n) is 15.8. The first-order chi connectivity index (χ1) is 12.2. The summed E-state index contributed by atoms with van der Waals surface area (Å²) in [6.07, 6.45) is 2.53. The largest absolute Gasteiger partial charge is 0.357 e. The Morgan fingerprint density at radius 1 is 1.12 bits per heavy atom. The molecule has 146 valence electrons. The minimum atomic E-state index is -0.0121. The first kappa shape index (κ1) is 22.7. The van der Waals surface area contributed by atoms with Crippen LogP contribution >= 0.6 is 24.0 Å². The Labute approximate surface area is 174 Å². The van der Waals surface area contributed by atoms with Crippen LogP contribution in [0.1, 0.15) is 38.3 Å². The average molecular weight is 473 g/mol. The summed E-state index contributed by atoms with van der Waals surface area (Å²) < 4.78 is 0. The maximum absolute atomic E-state index is 10.9. The molecule has 0 aliphatic carbocycles. The van der Waals surface area contributed by atoms with E-state index in [0.29, 0.717) is 19.1 Å². The van der Waals surface area contributed by atoms with Gasteiger partial charge in [-0.15, -0.1) is 24.0 Å². The highest BCUT2D eigenvalue weighted by molar-refractivity contribution is 14.0. The molecule has 0 saturated carbocycles. The van der Waals surface area contributed by atoms with Gasteiger partial charge in [-0.2, -0.15) is 0 Å². The van der Waals surface area contributed by atoms with Gasteiger partial charge in [0.2, 0.25) is 5.91 Å². The number of halogens is 1. The molecule has 1 amide bonds. The van der Waals surface area contributed by atoms with Crippen molar-refractivity contribution in [3.05, 3.63) is 35.9 Å². The first-order valence-electron chi connectivity index (χ1n) is 9.26. The molecule has 6 nitrogen and oxygen atoms in total. The third-order valence-electron chi connectivity index (χ3n) is 4.32. The summed E-state index contributed by atoms with van der Waals surface area (Å²) in [4.78, 5) is 18.3. The molecule has 1 saturated heterocycles. The molecule has 1 atom stereocenters. The number of amides is 1. The van der Waals surface area contributed by atoms with Crippen LogP contribution in [0.2, 0.25) is 0 Å². The molecule has 1 unspecified atom stereocenters. The van der Waals surface area contributed by atoms with Gasteiger partial charge in [-0.1, -0.05) is 30.3 Å². The van der Waals surface area contributed by atoms with Crippen molar-refractivity contribution in [2.45, 2.75) is 32.7 Å². The second-order valence-corrected chi connectivity index (χ2v) is 6.30. The second-order valence-electron chi connectivity index (χ2n) is 6.30. The number of hydrogen-bond acceptors (Lipinski definition) is 3. The lowest BCUT2D eigenvalue weighted by atomic mass is 10.1. The molecule has 1 aromatic rings. The number of likely N-dealkylation sites (tertiary alicyclic amines) is 1. The van der Waals surface area contributed by atoms with Crippen LogP contribution in [0.15, 0.2) is 35.3 Å². The summed E-state index contributed by atoms with van der Waals surface area (Å²) in [5, 5.41) is 9.34. The third-order valence-corrected chi connectivity index (χ3v) is 4.32. The fourth-order valence-corrected chi connectivity index (χ4v) is 3.10.